The molecular weight excluding hydrogens is 254 g/mol. The molecule has 0 heterocycles. The van der Waals surface area contributed by atoms with E-state index >= 15 is 0 Å². The summed E-state index contributed by atoms with van der Waals surface area (Å²) in [5.41, 5.74) is 11.0. The van der Waals surface area contributed by atoms with Crippen LogP contribution in [0.1, 0.15) is 41.6 Å². The van der Waals surface area contributed by atoms with Crippen molar-refractivity contribution in [2.75, 3.05) is 0 Å². The molecule has 0 amide bonds. The van der Waals surface area contributed by atoms with Gasteiger partial charge in [-0.1, -0.05) is 61.3 Å². The predicted molar refractivity (Wildman–Crippen MR) is 82.7 cm³/mol. The summed E-state index contributed by atoms with van der Waals surface area (Å²) in [5.74, 6) is 0. The molecule has 0 radical (unpaired) electrons. The third-order valence-corrected chi connectivity index (χ3v) is 3.90. The summed E-state index contributed by atoms with van der Waals surface area (Å²) in [4.78, 5) is 0. The van der Waals surface area contributed by atoms with Crippen LogP contribution in [0.25, 0.3) is 0 Å². The maximum Gasteiger partial charge on any atom is 0.0554 e. The lowest BCUT2D eigenvalue weighted by Gasteiger charge is -2.17. The molecule has 0 spiro atoms. The standard InChI is InChI=1S/C17H20ClN/c1-3-6-13-7-4-8-14(11-13)17(19)15-9-5-10-16(18)12(15)2/h4-5,7-11,17H,3,6,19H2,1-2H3. The van der Waals surface area contributed by atoms with Crippen LogP contribution in [0.15, 0.2) is 42.5 Å². The lowest BCUT2D eigenvalue weighted by atomic mass is 9.94. The van der Waals surface area contributed by atoms with Crippen LogP contribution in [0.5, 0.6) is 0 Å². The SMILES string of the molecule is CCCc1cccc(C(N)c2cccc(Cl)c2C)c1. The van der Waals surface area contributed by atoms with Gasteiger partial charge in [-0.3, -0.25) is 0 Å². The number of rotatable bonds is 4. The molecular formula is C17H20ClN. The van der Waals surface area contributed by atoms with Crippen molar-refractivity contribution in [1.82, 2.24) is 0 Å². The van der Waals surface area contributed by atoms with E-state index < -0.39 is 0 Å². The maximum absolute atomic E-state index is 6.39. The first kappa shape index (κ1) is 14.1. The molecule has 0 bridgehead atoms. The van der Waals surface area contributed by atoms with E-state index in [1.54, 1.807) is 0 Å². The maximum atomic E-state index is 6.39. The molecule has 0 aliphatic carbocycles. The van der Waals surface area contributed by atoms with Crippen LogP contribution >= 0.6 is 11.6 Å². The Morgan fingerprint density at radius 2 is 1.89 bits per heavy atom. The first-order chi connectivity index (χ1) is 9.13. The van der Waals surface area contributed by atoms with Crippen LogP contribution in [0.3, 0.4) is 0 Å². The summed E-state index contributed by atoms with van der Waals surface area (Å²) in [6, 6.07) is 14.3. The minimum Gasteiger partial charge on any atom is -0.320 e. The van der Waals surface area contributed by atoms with Crippen LogP contribution in [0.4, 0.5) is 0 Å². The van der Waals surface area contributed by atoms with Gasteiger partial charge < -0.3 is 5.73 Å². The zero-order chi connectivity index (χ0) is 13.8. The average Bonchev–Trinajstić information content (AvgIpc) is 2.42. The molecule has 0 aliphatic heterocycles. The third kappa shape index (κ3) is 3.17. The molecule has 1 atom stereocenters. The third-order valence-electron chi connectivity index (χ3n) is 3.49. The van der Waals surface area contributed by atoms with Crippen LogP contribution < -0.4 is 5.73 Å². The number of nitrogens with two attached hydrogens (primary N) is 1. The fourth-order valence-electron chi connectivity index (χ4n) is 2.37. The summed E-state index contributed by atoms with van der Waals surface area (Å²) in [6.45, 7) is 4.21. The first-order valence-corrected chi connectivity index (χ1v) is 7.10. The van der Waals surface area contributed by atoms with Gasteiger partial charge in [-0.25, -0.2) is 0 Å². The smallest absolute Gasteiger partial charge is 0.0554 e. The Balaban J connectivity index is 2.35. The minimum absolute atomic E-state index is 0.115. The molecule has 0 aromatic heterocycles. The Morgan fingerprint density at radius 1 is 1.16 bits per heavy atom. The van der Waals surface area contributed by atoms with E-state index in [4.69, 9.17) is 17.3 Å². The highest BCUT2D eigenvalue weighted by molar-refractivity contribution is 6.31. The van der Waals surface area contributed by atoms with Crippen LogP contribution in [-0.4, -0.2) is 0 Å². The molecule has 0 aliphatic rings. The second-order valence-electron chi connectivity index (χ2n) is 4.93. The van der Waals surface area contributed by atoms with Crippen molar-refractivity contribution in [3.63, 3.8) is 0 Å². The minimum atomic E-state index is -0.115. The Bertz CT molecular complexity index is 563. The van der Waals surface area contributed by atoms with Gasteiger partial charge in [0.25, 0.3) is 0 Å². The topological polar surface area (TPSA) is 26.0 Å². The summed E-state index contributed by atoms with van der Waals surface area (Å²) in [7, 11) is 0. The predicted octanol–water partition coefficient (Wildman–Crippen LogP) is 4.65. The highest BCUT2D eigenvalue weighted by atomic mass is 35.5. The van der Waals surface area contributed by atoms with E-state index in [1.165, 1.54) is 5.56 Å². The number of hydrogen-bond acceptors (Lipinski definition) is 1. The van der Waals surface area contributed by atoms with Gasteiger partial charge in [-0.2, -0.15) is 0 Å². The van der Waals surface area contributed by atoms with Crippen molar-refractivity contribution < 1.29 is 0 Å². The number of aryl methyl sites for hydroxylation is 1. The molecule has 0 saturated carbocycles. The second kappa shape index (κ2) is 6.23. The van der Waals surface area contributed by atoms with Crippen LogP contribution in [0, 0.1) is 6.92 Å². The largest absolute Gasteiger partial charge is 0.320 e. The fourth-order valence-corrected chi connectivity index (χ4v) is 2.55. The Kier molecular flexibility index (Phi) is 4.62. The van der Waals surface area contributed by atoms with E-state index in [-0.39, 0.29) is 6.04 Å². The average molecular weight is 274 g/mol. The van der Waals surface area contributed by atoms with Gasteiger partial charge >= 0.3 is 0 Å². The zero-order valence-electron chi connectivity index (χ0n) is 11.5. The molecule has 2 aromatic carbocycles. The lowest BCUT2D eigenvalue weighted by molar-refractivity contribution is 0.851. The van der Waals surface area contributed by atoms with Gasteiger partial charge in [0.05, 0.1) is 6.04 Å². The highest BCUT2D eigenvalue weighted by Gasteiger charge is 2.13. The normalized spacial score (nSPS) is 12.4. The summed E-state index contributed by atoms with van der Waals surface area (Å²) >= 11 is 6.17. The molecule has 0 fully saturated rings. The molecule has 0 saturated heterocycles. The van der Waals surface area contributed by atoms with Crippen LogP contribution in [0.2, 0.25) is 5.02 Å². The number of hydrogen-bond donors (Lipinski definition) is 1. The molecule has 2 N–H and O–H groups in total. The van der Waals surface area contributed by atoms with Crippen molar-refractivity contribution in [2.45, 2.75) is 32.7 Å². The zero-order valence-corrected chi connectivity index (χ0v) is 12.2. The van der Waals surface area contributed by atoms with E-state index in [9.17, 15) is 0 Å². The van der Waals surface area contributed by atoms with Crippen molar-refractivity contribution in [2.24, 2.45) is 5.73 Å². The molecule has 1 unspecified atom stereocenters. The Labute approximate surface area is 120 Å². The van der Waals surface area contributed by atoms with E-state index in [1.807, 2.05) is 19.1 Å². The van der Waals surface area contributed by atoms with Gasteiger partial charge in [0.1, 0.15) is 0 Å². The molecule has 2 heteroatoms. The fraction of sp³-hybridized carbons (Fsp3) is 0.294. The Morgan fingerprint density at radius 3 is 2.63 bits per heavy atom. The highest BCUT2D eigenvalue weighted by Crippen LogP contribution is 2.27. The molecule has 19 heavy (non-hydrogen) atoms. The van der Waals surface area contributed by atoms with Gasteiger partial charge in [-0.15, -0.1) is 0 Å². The van der Waals surface area contributed by atoms with Crippen LogP contribution in [-0.2, 0) is 6.42 Å². The molecule has 1 nitrogen and oxygen atoms in total. The monoisotopic (exact) mass is 273 g/mol. The molecule has 2 rings (SSSR count). The lowest BCUT2D eigenvalue weighted by Crippen LogP contribution is -2.13. The summed E-state index contributed by atoms with van der Waals surface area (Å²) in [6.07, 6.45) is 2.24. The van der Waals surface area contributed by atoms with Gasteiger partial charge in [-0.05, 0) is 41.7 Å². The van der Waals surface area contributed by atoms with Gasteiger partial charge in [0.2, 0.25) is 0 Å². The van der Waals surface area contributed by atoms with E-state index in [0.29, 0.717) is 0 Å². The Hall–Kier alpha value is -1.31. The van der Waals surface area contributed by atoms with E-state index in [0.717, 1.165) is 34.6 Å². The van der Waals surface area contributed by atoms with E-state index in [2.05, 4.69) is 37.3 Å². The first-order valence-electron chi connectivity index (χ1n) is 6.73. The number of benzene rings is 2. The van der Waals surface area contributed by atoms with Gasteiger partial charge in [0, 0.05) is 5.02 Å². The van der Waals surface area contributed by atoms with Gasteiger partial charge in [0.15, 0.2) is 0 Å². The second-order valence-corrected chi connectivity index (χ2v) is 5.33. The summed E-state index contributed by atoms with van der Waals surface area (Å²) < 4.78 is 0. The van der Waals surface area contributed by atoms with Crippen molar-refractivity contribution in [3.8, 4) is 0 Å². The molecule has 100 valence electrons. The molecule has 2 aromatic rings. The van der Waals surface area contributed by atoms with Crippen molar-refractivity contribution in [3.05, 3.63) is 69.7 Å². The number of halogens is 1. The van der Waals surface area contributed by atoms with Crippen molar-refractivity contribution in [1.29, 1.82) is 0 Å². The summed E-state index contributed by atoms with van der Waals surface area (Å²) in [5, 5.41) is 0.776. The van der Waals surface area contributed by atoms with Crippen molar-refractivity contribution >= 4 is 11.6 Å². The quantitative estimate of drug-likeness (QED) is 0.862.